The summed E-state index contributed by atoms with van der Waals surface area (Å²) in [6.45, 7) is 3.70. The van der Waals surface area contributed by atoms with Gasteiger partial charge in [-0.1, -0.05) is 18.2 Å². The molecule has 1 atom stereocenters. The van der Waals surface area contributed by atoms with Gasteiger partial charge in [0.1, 0.15) is 23.1 Å². The maximum atomic E-state index is 14.4. The van der Waals surface area contributed by atoms with Crippen molar-refractivity contribution >= 4 is 17.7 Å². The SMILES string of the molecule is COc1ccc(C(C)(C)c2nc(C(=O)N[C@@H](c3ccc(SC(F)(F)F)c(F)c3)C3CC3)cc(=O)[nH]2)cc1. The second kappa shape index (κ2) is 10.2. The predicted octanol–water partition coefficient (Wildman–Crippen LogP) is 5.74. The highest BCUT2D eigenvalue weighted by Gasteiger charge is 2.36. The fourth-order valence-corrected chi connectivity index (χ4v) is 4.59. The molecule has 0 bridgehead atoms. The van der Waals surface area contributed by atoms with E-state index < -0.39 is 50.9 Å². The third kappa shape index (κ3) is 6.33. The zero-order valence-corrected chi connectivity index (χ0v) is 21.1. The molecule has 1 fully saturated rings. The van der Waals surface area contributed by atoms with Crippen molar-refractivity contribution in [2.24, 2.45) is 5.92 Å². The molecule has 6 nitrogen and oxygen atoms in total. The van der Waals surface area contributed by atoms with Crippen molar-refractivity contribution in [2.45, 2.75) is 48.5 Å². The summed E-state index contributed by atoms with van der Waals surface area (Å²) >= 11 is -0.529. The van der Waals surface area contributed by atoms with E-state index >= 15 is 0 Å². The van der Waals surface area contributed by atoms with E-state index in [0.29, 0.717) is 11.3 Å². The standard InChI is InChI=1S/C26H25F4N3O3S/c1-25(2,16-7-9-17(36-3)10-8-16)24-31-19(13-21(34)32-24)23(35)33-22(14-4-5-14)15-6-11-20(18(27)12-15)37-26(28,29)30/h6-14,22H,4-5H2,1-3H3,(H,33,35)(H,31,32,34)/t22-/m1/s1. The monoisotopic (exact) mass is 535 g/mol. The lowest BCUT2D eigenvalue weighted by molar-refractivity contribution is -0.0329. The van der Waals surface area contributed by atoms with Gasteiger partial charge in [-0.3, -0.25) is 9.59 Å². The summed E-state index contributed by atoms with van der Waals surface area (Å²) in [6, 6.07) is 11.1. The second-order valence-electron chi connectivity index (χ2n) is 9.36. The second-order valence-corrected chi connectivity index (χ2v) is 10.5. The fraction of sp³-hybridized carbons (Fsp3) is 0.346. The molecular weight excluding hydrogens is 510 g/mol. The molecule has 37 heavy (non-hydrogen) atoms. The topological polar surface area (TPSA) is 84.1 Å². The van der Waals surface area contributed by atoms with Crippen LogP contribution in [0.4, 0.5) is 17.6 Å². The Balaban J connectivity index is 1.59. The molecule has 2 aromatic carbocycles. The van der Waals surface area contributed by atoms with E-state index in [2.05, 4.69) is 15.3 Å². The number of nitrogens with zero attached hydrogens (tertiary/aromatic N) is 1. The number of alkyl halides is 3. The molecule has 11 heteroatoms. The molecule has 3 aromatic rings. The summed E-state index contributed by atoms with van der Waals surface area (Å²) in [6.07, 6.45) is 1.54. The number of thioether (sulfide) groups is 1. The number of H-pyrrole nitrogens is 1. The summed E-state index contributed by atoms with van der Waals surface area (Å²) in [4.78, 5) is 32.2. The minimum absolute atomic E-state index is 0.00155. The van der Waals surface area contributed by atoms with Gasteiger partial charge in [0.15, 0.2) is 0 Å². The lowest BCUT2D eigenvalue weighted by Crippen LogP contribution is -2.34. The first kappa shape index (κ1) is 26.7. The quantitative estimate of drug-likeness (QED) is 0.284. The number of rotatable bonds is 8. The zero-order valence-electron chi connectivity index (χ0n) is 20.3. The third-order valence-corrected chi connectivity index (χ3v) is 7.08. The van der Waals surface area contributed by atoms with Crippen LogP contribution in [0.1, 0.15) is 60.2 Å². The first-order chi connectivity index (χ1) is 17.4. The molecule has 1 aromatic heterocycles. The molecule has 1 heterocycles. The van der Waals surface area contributed by atoms with Gasteiger partial charge in [0.2, 0.25) is 0 Å². The molecule has 0 aliphatic heterocycles. The molecule has 1 aliphatic rings. The Kier molecular flexibility index (Phi) is 7.36. The Morgan fingerprint density at radius 2 is 1.81 bits per heavy atom. The van der Waals surface area contributed by atoms with Gasteiger partial charge in [-0.25, -0.2) is 9.37 Å². The highest BCUT2D eigenvalue weighted by atomic mass is 32.2. The van der Waals surface area contributed by atoms with Gasteiger partial charge in [-0.05, 0) is 79.8 Å². The van der Waals surface area contributed by atoms with E-state index in [0.717, 1.165) is 36.6 Å². The number of hydrogen-bond donors (Lipinski definition) is 2. The number of ether oxygens (including phenoxy) is 1. The molecule has 4 rings (SSSR count). The number of benzene rings is 2. The molecule has 2 N–H and O–H groups in total. The van der Waals surface area contributed by atoms with Gasteiger partial charge in [0.05, 0.1) is 18.0 Å². The summed E-state index contributed by atoms with van der Waals surface area (Å²) in [5.41, 5.74) is -4.82. The number of hydrogen-bond acceptors (Lipinski definition) is 5. The molecule has 0 radical (unpaired) electrons. The highest BCUT2D eigenvalue weighted by Crippen LogP contribution is 2.43. The first-order valence-corrected chi connectivity index (χ1v) is 12.3. The van der Waals surface area contributed by atoms with Crippen molar-refractivity contribution < 1.29 is 27.1 Å². The molecular formula is C26H25F4N3O3S. The van der Waals surface area contributed by atoms with Crippen molar-refractivity contribution in [1.29, 1.82) is 0 Å². The van der Waals surface area contributed by atoms with Gasteiger partial charge >= 0.3 is 5.51 Å². The van der Waals surface area contributed by atoms with Crippen molar-refractivity contribution in [2.75, 3.05) is 7.11 Å². The minimum atomic E-state index is -4.62. The van der Waals surface area contributed by atoms with E-state index in [4.69, 9.17) is 4.74 Å². The fourth-order valence-electron chi connectivity index (χ4n) is 4.05. The van der Waals surface area contributed by atoms with Gasteiger partial charge in [-0.2, -0.15) is 13.2 Å². The van der Waals surface area contributed by atoms with Crippen molar-refractivity contribution in [3.63, 3.8) is 0 Å². The van der Waals surface area contributed by atoms with Crippen LogP contribution < -0.4 is 15.6 Å². The van der Waals surface area contributed by atoms with Crippen LogP contribution in [-0.2, 0) is 5.41 Å². The summed E-state index contributed by atoms with van der Waals surface area (Å²) < 4.78 is 57.6. The van der Waals surface area contributed by atoms with Crippen LogP contribution in [0.5, 0.6) is 5.75 Å². The number of carbonyl (C=O) groups is 1. The van der Waals surface area contributed by atoms with E-state index in [1.165, 1.54) is 6.07 Å². The number of amides is 1. The number of nitrogens with one attached hydrogen (secondary N) is 2. The number of methoxy groups -OCH3 is 1. The summed E-state index contributed by atoms with van der Waals surface area (Å²) in [5, 5.41) is 2.80. The molecule has 1 aliphatic carbocycles. The van der Waals surface area contributed by atoms with E-state index in [1.54, 1.807) is 19.2 Å². The predicted molar refractivity (Wildman–Crippen MR) is 131 cm³/mol. The van der Waals surface area contributed by atoms with Crippen molar-refractivity contribution in [3.8, 4) is 5.75 Å². The molecule has 0 spiro atoms. The van der Waals surface area contributed by atoms with Gasteiger partial charge in [-0.15, -0.1) is 0 Å². The van der Waals surface area contributed by atoms with Crippen LogP contribution in [0.3, 0.4) is 0 Å². The number of carbonyl (C=O) groups excluding carboxylic acids is 1. The lowest BCUT2D eigenvalue weighted by Gasteiger charge is -2.25. The largest absolute Gasteiger partial charge is 0.497 e. The third-order valence-electron chi connectivity index (χ3n) is 6.30. The van der Waals surface area contributed by atoms with E-state index in [1.807, 2.05) is 26.0 Å². The van der Waals surface area contributed by atoms with Crippen LogP contribution in [-0.4, -0.2) is 28.5 Å². The van der Waals surface area contributed by atoms with Crippen LogP contribution in [0.15, 0.2) is 58.2 Å². The Morgan fingerprint density at radius 3 is 2.38 bits per heavy atom. The molecule has 196 valence electrons. The molecule has 0 unspecified atom stereocenters. The normalized spacial score (nSPS) is 14.8. The smallest absolute Gasteiger partial charge is 0.446 e. The minimum Gasteiger partial charge on any atom is -0.497 e. The van der Waals surface area contributed by atoms with Crippen LogP contribution in [0.25, 0.3) is 0 Å². The van der Waals surface area contributed by atoms with Gasteiger partial charge in [0, 0.05) is 11.5 Å². The Bertz CT molecular complexity index is 1350. The van der Waals surface area contributed by atoms with Gasteiger partial charge in [0.25, 0.3) is 11.5 Å². The Labute approximate surface area is 214 Å². The van der Waals surface area contributed by atoms with Gasteiger partial charge < -0.3 is 15.0 Å². The highest BCUT2D eigenvalue weighted by molar-refractivity contribution is 8.00. The number of halogens is 4. The maximum absolute atomic E-state index is 14.4. The average molecular weight is 536 g/mol. The van der Waals surface area contributed by atoms with Crippen LogP contribution in [0, 0.1) is 11.7 Å². The lowest BCUT2D eigenvalue weighted by atomic mass is 9.83. The molecule has 1 saturated carbocycles. The summed E-state index contributed by atoms with van der Waals surface area (Å²) in [5.74, 6) is -0.706. The Morgan fingerprint density at radius 1 is 1.14 bits per heavy atom. The van der Waals surface area contributed by atoms with Crippen molar-refractivity contribution in [3.05, 3.63) is 87.3 Å². The first-order valence-electron chi connectivity index (χ1n) is 11.5. The summed E-state index contributed by atoms with van der Waals surface area (Å²) in [7, 11) is 1.56. The van der Waals surface area contributed by atoms with Crippen molar-refractivity contribution in [1.82, 2.24) is 15.3 Å². The Hall–Kier alpha value is -3.34. The van der Waals surface area contributed by atoms with Crippen LogP contribution >= 0.6 is 11.8 Å². The molecule has 1 amide bonds. The maximum Gasteiger partial charge on any atom is 0.446 e. The average Bonchev–Trinajstić information content (AvgIpc) is 3.68. The van der Waals surface area contributed by atoms with E-state index in [9.17, 15) is 27.2 Å². The number of aromatic nitrogens is 2. The van der Waals surface area contributed by atoms with E-state index in [-0.39, 0.29) is 17.4 Å². The zero-order chi connectivity index (χ0) is 27.0. The number of aromatic amines is 1. The molecule has 0 saturated heterocycles. The van der Waals surface area contributed by atoms with Crippen LogP contribution in [0.2, 0.25) is 0 Å².